The monoisotopic (exact) mass is 253 g/mol. The summed E-state index contributed by atoms with van der Waals surface area (Å²) >= 11 is 0. The Bertz CT molecular complexity index is 702. The van der Waals surface area contributed by atoms with Crippen molar-refractivity contribution in [1.82, 2.24) is 9.66 Å². The normalized spacial score (nSPS) is 10.7. The SMILES string of the molecule is Nc1ccc(N)c2c1ncn2NCc1ccccc1. The molecular weight excluding hydrogens is 238 g/mol. The number of nitrogen functional groups attached to an aromatic ring is 2. The summed E-state index contributed by atoms with van der Waals surface area (Å²) in [5.41, 5.74) is 19.1. The lowest BCUT2D eigenvalue weighted by Gasteiger charge is -2.10. The van der Waals surface area contributed by atoms with Crippen molar-refractivity contribution in [1.29, 1.82) is 0 Å². The highest BCUT2D eigenvalue weighted by Crippen LogP contribution is 2.24. The van der Waals surface area contributed by atoms with E-state index in [1.807, 2.05) is 22.9 Å². The van der Waals surface area contributed by atoms with E-state index in [9.17, 15) is 0 Å². The third-order valence-electron chi connectivity index (χ3n) is 3.05. The Balaban J connectivity index is 1.92. The molecule has 0 aliphatic rings. The molecule has 0 aliphatic heterocycles. The molecule has 0 saturated carbocycles. The van der Waals surface area contributed by atoms with Crippen LogP contribution < -0.4 is 16.9 Å². The molecule has 5 nitrogen and oxygen atoms in total. The van der Waals surface area contributed by atoms with E-state index in [4.69, 9.17) is 11.5 Å². The minimum atomic E-state index is 0.629. The fraction of sp³-hybridized carbons (Fsp3) is 0.0714. The van der Waals surface area contributed by atoms with Crippen LogP contribution in [0, 0.1) is 0 Å². The summed E-state index contributed by atoms with van der Waals surface area (Å²) < 4.78 is 1.81. The van der Waals surface area contributed by atoms with E-state index in [0.29, 0.717) is 17.9 Å². The largest absolute Gasteiger partial charge is 0.397 e. The molecule has 3 aromatic rings. The average molecular weight is 253 g/mol. The predicted molar refractivity (Wildman–Crippen MR) is 78.1 cm³/mol. The van der Waals surface area contributed by atoms with Gasteiger partial charge in [-0.2, -0.15) is 0 Å². The van der Waals surface area contributed by atoms with Gasteiger partial charge in [0.25, 0.3) is 0 Å². The van der Waals surface area contributed by atoms with Crippen LogP contribution in [0.4, 0.5) is 11.4 Å². The third kappa shape index (κ3) is 2.06. The highest BCUT2D eigenvalue weighted by atomic mass is 15.4. The molecular formula is C14H15N5. The molecule has 0 unspecified atom stereocenters. The number of anilines is 2. The fourth-order valence-corrected chi connectivity index (χ4v) is 2.07. The maximum atomic E-state index is 5.98. The molecule has 0 fully saturated rings. The topological polar surface area (TPSA) is 81.9 Å². The smallest absolute Gasteiger partial charge is 0.116 e. The first-order chi connectivity index (χ1) is 9.25. The van der Waals surface area contributed by atoms with Crippen LogP contribution >= 0.6 is 0 Å². The summed E-state index contributed by atoms with van der Waals surface area (Å²) in [6.45, 7) is 0.695. The first-order valence-corrected chi connectivity index (χ1v) is 6.04. The Labute approximate surface area is 110 Å². The van der Waals surface area contributed by atoms with Gasteiger partial charge in [0.15, 0.2) is 0 Å². The average Bonchev–Trinajstić information content (AvgIpc) is 2.87. The van der Waals surface area contributed by atoms with Gasteiger partial charge in [-0.25, -0.2) is 9.66 Å². The van der Waals surface area contributed by atoms with E-state index < -0.39 is 0 Å². The zero-order chi connectivity index (χ0) is 13.2. The fourth-order valence-electron chi connectivity index (χ4n) is 2.07. The van der Waals surface area contributed by atoms with Gasteiger partial charge in [-0.15, -0.1) is 0 Å². The molecule has 0 bridgehead atoms. The molecule has 5 heteroatoms. The standard InChI is InChI=1S/C14H15N5/c15-11-6-7-12(16)14-13(11)17-9-19(14)18-8-10-4-2-1-3-5-10/h1-7,9,18H,8,15-16H2. The molecule has 0 atom stereocenters. The van der Waals surface area contributed by atoms with E-state index in [1.54, 1.807) is 18.5 Å². The number of rotatable bonds is 3. The first-order valence-electron chi connectivity index (χ1n) is 6.04. The molecule has 0 aliphatic carbocycles. The quantitative estimate of drug-likeness (QED) is 0.623. The first kappa shape index (κ1) is 11.4. The Morgan fingerprint density at radius 3 is 2.53 bits per heavy atom. The highest BCUT2D eigenvalue weighted by Gasteiger charge is 2.08. The number of fused-ring (bicyclic) bond motifs is 1. The number of nitrogens with zero attached hydrogens (tertiary/aromatic N) is 2. The number of aromatic nitrogens is 2. The Kier molecular flexibility index (Phi) is 2.72. The zero-order valence-electron chi connectivity index (χ0n) is 10.4. The number of hydrogen-bond donors (Lipinski definition) is 3. The van der Waals surface area contributed by atoms with Gasteiger partial charge >= 0.3 is 0 Å². The number of nitrogens with two attached hydrogens (primary N) is 2. The van der Waals surface area contributed by atoms with E-state index in [1.165, 1.54) is 5.56 Å². The van der Waals surface area contributed by atoms with Crippen molar-refractivity contribution >= 4 is 22.4 Å². The number of benzene rings is 2. The van der Waals surface area contributed by atoms with Gasteiger partial charge in [0.1, 0.15) is 17.4 Å². The van der Waals surface area contributed by atoms with Crippen molar-refractivity contribution < 1.29 is 0 Å². The Hall–Kier alpha value is -2.69. The van der Waals surface area contributed by atoms with Crippen molar-refractivity contribution in [2.75, 3.05) is 16.9 Å². The van der Waals surface area contributed by atoms with Gasteiger partial charge < -0.3 is 16.9 Å². The lowest BCUT2D eigenvalue weighted by atomic mass is 10.2. The lowest BCUT2D eigenvalue weighted by Crippen LogP contribution is -2.13. The van der Waals surface area contributed by atoms with Gasteiger partial charge in [-0.05, 0) is 17.7 Å². The van der Waals surface area contributed by atoms with Crippen LogP contribution in [0.1, 0.15) is 5.56 Å². The summed E-state index contributed by atoms with van der Waals surface area (Å²) in [6, 6.07) is 13.7. The van der Waals surface area contributed by atoms with Crippen LogP contribution in [0.2, 0.25) is 0 Å². The maximum absolute atomic E-state index is 5.98. The summed E-state index contributed by atoms with van der Waals surface area (Å²) in [6.07, 6.45) is 1.69. The lowest BCUT2D eigenvalue weighted by molar-refractivity contribution is 0.863. The van der Waals surface area contributed by atoms with Gasteiger partial charge in [-0.1, -0.05) is 30.3 Å². The molecule has 1 heterocycles. The van der Waals surface area contributed by atoms with Crippen LogP contribution in [0.15, 0.2) is 48.8 Å². The molecule has 19 heavy (non-hydrogen) atoms. The number of hydrogen-bond acceptors (Lipinski definition) is 4. The van der Waals surface area contributed by atoms with Crippen LogP contribution in [0.25, 0.3) is 11.0 Å². The Morgan fingerprint density at radius 1 is 1.00 bits per heavy atom. The van der Waals surface area contributed by atoms with Gasteiger partial charge in [0.2, 0.25) is 0 Å². The highest BCUT2D eigenvalue weighted by molar-refractivity contribution is 5.95. The summed E-state index contributed by atoms with van der Waals surface area (Å²) in [5, 5.41) is 0. The van der Waals surface area contributed by atoms with Gasteiger partial charge in [0.05, 0.1) is 17.9 Å². The second-order valence-corrected chi connectivity index (χ2v) is 4.38. The summed E-state index contributed by atoms with van der Waals surface area (Å²) in [5.74, 6) is 0. The maximum Gasteiger partial charge on any atom is 0.116 e. The van der Waals surface area contributed by atoms with Crippen molar-refractivity contribution in [2.45, 2.75) is 6.54 Å². The Morgan fingerprint density at radius 2 is 1.74 bits per heavy atom. The van der Waals surface area contributed by atoms with Gasteiger partial charge in [-0.3, -0.25) is 0 Å². The van der Waals surface area contributed by atoms with E-state index in [2.05, 4.69) is 22.5 Å². The summed E-state index contributed by atoms with van der Waals surface area (Å²) in [7, 11) is 0. The van der Waals surface area contributed by atoms with E-state index in [-0.39, 0.29) is 0 Å². The molecule has 1 aromatic heterocycles. The molecule has 3 rings (SSSR count). The number of nitrogens with one attached hydrogen (secondary N) is 1. The van der Waals surface area contributed by atoms with Gasteiger partial charge in [0, 0.05) is 0 Å². The zero-order valence-corrected chi connectivity index (χ0v) is 10.4. The molecule has 5 N–H and O–H groups in total. The van der Waals surface area contributed by atoms with Crippen LogP contribution in [-0.4, -0.2) is 9.66 Å². The molecule has 0 spiro atoms. The minimum absolute atomic E-state index is 0.629. The minimum Gasteiger partial charge on any atom is -0.397 e. The van der Waals surface area contributed by atoms with Crippen LogP contribution in [0.5, 0.6) is 0 Å². The molecule has 2 aromatic carbocycles. The van der Waals surface area contributed by atoms with E-state index in [0.717, 1.165) is 11.0 Å². The second-order valence-electron chi connectivity index (χ2n) is 4.38. The second kappa shape index (κ2) is 4.53. The molecule has 0 saturated heterocycles. The number of imidazole rings is 1. The molecule has 96 valence electrons. The molecule has 0 radical (unpaired) electrons. The van der Waals surface area contributed by atoms with Crippen molar-refractivity contribution in [3.8, 4) is 0 Å². The van der Waals surface area contributed by atoms with Crippen LogP contribution in [-0.2, 0) is 6.54 Å². The predicted octanol–water partition coefficient (Wildman–Crippen LogP) is 1.94. The van der Waals surface area contributed by atoms with Crippen molar-refractivity contribution in [3.63, 3.8) is 0 Å². The summed E-state index contributed by atoms with van der Waals surface area (Å²) in [4.78, 5) is 4.29. The third-order valence-corrected chi connectivity index (χ3v) is 3.05. The van der Waals surface area contributed by atoms with Crippen molar-refractivity contribution in [2.24, 2.45) is 0 Å². The van der Waals surface area contributed by atoms with E-state index >= 15 is 0 Å². The van der Waals surface area contributed by atoms with Crippen LogP contribution in [0.3, 0.4) is 0 Å². The van der Waals surface area contributed by atoms with Crippen molar-refractivity contribution in [3.05, 3.63) is 54.4 Å². The molecule has 0 amide bonds.